The van der Waals surface area contributed by atoms with E-state index in [4.69, 9.17) is 14.6 Å². The number of benzene rings is 1. The third kappa shape index (κ3) is 3.82. The van der Waals surface area contributed by atoms with Crippen LogP contribution in [0.5, 0.6) is 11.5 Å². The molecule has 106 valence electrons. The monoisotopic (exact) mass is 286 g/mol. The molecule has 3 N–H and O–H groups in total. The molecule has 0 saturated carbocycles. The summed E-state index contributed by atoms with van der Waals surface area (Å²) in [5.41, 5.74) is 0.864. The van der Waals surface area contributed by atoms with Crippen LogP contribution in [0.1, 0.15) is 19.4 Å². The van der Waals surface area contributed by atoms with Gasteiger partial charge in [-0.15, -0.1) is 0 Å². The topological polar surface area (TPSA) is 90.6 Å². The van der Waals surface area contributed by atoms with E-state index in [9.17, 15) is 8.42 Å². The Morgan fingerprint density at radius 3 is 2.89 bits per heavy atom. The van der Waals surface area contributed by atoms with E-state index in [-0.39, 0.29) is 18.8 Å². The normalized spacial score (nSPS) is 16.8. The van der Waals surface area contributed by atoms with E-state index < -0.39 is 10.2 Å². The van der Waals surface area contributed by atoms with Crippen molar-refractivity contribution in [3.63, 3.8) is 0 Å². The maximum Gasteiger partial charge on any atom is 0.274 e. The molecule has 0 aliphatic carbocycles. The highest BCUT2D eigenvalue weighted by Crippen LogP contribution is 2.41. The number of para-hydroxylation sites is 1. The lowest BCUT2D eigenvalue weighted by molar-refractivity contribution is 0.132. The van der Waals surface area contributed by atoms with Crippen LogP contribution in [0.15, 0.2) is 18.2 Å². The Labute approximate surface area is 113 Å². The average molecular weight is 286 g/mol. The van der Waals surface area contributed by atoms with E-state index >= 15 is 0 Å². The molecule has 19 heavy (non-hydrogen) atoms. The largest absolute Gasteiger partial charge is 0.488 e. The van der Waals surface area contributed by atoms with Crippen molar-refractivity contribution < 1.29 is 17.9 Å². The van der Waals surface area contributed by atoms with Gasteiger partial charge in [0.15, 0.2) is 11.5 Å². The van der Waals surface area contributed by atoms with Crippen molar-refractivity contribution in [2.24, 2.45) is 5.14 Å². The van der Waals surface area contributed by atoms with Crippen molar-refractivity contribution in [1.29, 1.82) is 0 Å². The zero-order valence-corrected chi connectivity index (χ0v) is 11.8. The summed E-state index contributed by atoms with van der Waals surface area (Å²) in [5.74, 6) is 1.36. The SMILES string of the molecule is CC1(C)Cc2cccc(OCCNS(N)(=O)=O)c2O1. The molecule has 1 aromatic carbocycles. The molecule has 7 heteroatoms. The van der Waals surface area contributed by atoms with Crippen molar-refractivity contribution in [2.75, 3.05) is 13.2 Å². The van der Waals surface area contributed by atoms with Crippen molar-refractivity contribution in [2.45, 2.75) is 25.9 Å². The van der Waals surface area contributed by atoms with E-state index in [2.05, 4.69) is 4.72 Å². The minimum Gasteiger partial charge on any atom is -0.488 e. The smallest absolute Gasteiger partial charge is 0.274 e. The molecule has 1 aliphatic rings. The van der Waals surface area contributed by atoms with Gasteiger partial charge < -0.3 is 9.47 Å². The van der Waals surface area contributed by atoms with E-state index in [0.29, 0.717) is 5.75 Å². The van der Waals surface area contributed by atoms with Crippen molar-refractivity contribution >= 4 is 10.2 Å². The second-order valence-corrected chi connectivity index (χ2v) is 6.45. The first-order valence-corrected chi connectivity index (χ1v) is 7.53. The first-order chi connectivity index (χ1) is 8.77. The van der Waals surface area contributed by atoms with Gasteiger partial charge in [0.2, 0.25) is 0 Å². The van der Waals surface area contributed by atoms with Crippen LogP contribution in [0.3, 0.4) is 0 Å². The fourth-order valence-electron chi connectivity index (χ4n) is 2.05. The second kappa shape index (κ2) is 4.99. The van der Waals surface area contributed by atoms with E-state index in [0.717, 1.165) is 17.7 Å². The molecule has 0 spiro atoms. The van der Waals surface area contributed by atoms with Crippen LogP contribution in [0.4, 0.5) is 0 Å². The molecule has 0 saturated heterocycles. The molecule has 0 unspecified atom stereocenters. The molecule has 2 rings (SSSR count). The van der Waals surface area contributed by atoms with Gasteiger partial charge in [0.25, 0.3) is 10.2 Å². The third-order valence-electron chi connectivity index (χ3n) is 2.72. The average Bonchev–Trinajstić information content (AvgIpc) is 2.57. The number of hydrogen-bond acceptors (Lipinski definition) is 4. The van der Waals surface area contributed by atoms with Gasteiger partial charge in [-0.3, -0.25) is 0 Å². The van der Waals surface area contributed by atoms with E-state index in [1.165, 1.54) is 0 Å². The summed E-state index contributed by atoms with van der Waals surface area (Å²) in [6.07, 6.45) is 0.828. The second-order valence-electron chi connectivity index (χ2n) is 5.07. The van der Waals surface area contributed by atoms with Gasteiger partial charge in [-0.05, 0) is 19.9 Å². The van der Waals surface area contributed by atoms with Crippen LogP contribution >= 0.6 is 0 Å². The van der Waals surface area contributed by atoms with Crippen molar-refractivity contribution in [1.82, 2.24) is 4.72 Å². The molecule has 0 fully saturated rings. The molecule has 0 amide bonds. The van der Waals surface area contributed by atoms with Gasteiger partial charge in [0.1, 0.15) is 12.2 Å². The molecule has 1 heterocycles. The number of nitrogens with two attached hydrogens (primary N) is 1. The zero-order chi connectivity index (χ0) is 14.1. The number of nitrogens with one attached hydrogen (secondary N) is 1. The quantitative estimate of drug-likeness (QED) is 0.774. The van der Waals surface area contributed by atoms with Crippen molar-refractivity contribution in [3.8, 4) is 11.5 Å². The Kier molecular flexibility index (Phi) is 3.71. The molecular formula is C12H18N2O4S. The summed E-state index contributed by atoms with van der Waals surface area (Å²) in [4.78, 5) is 0. The van der Waals surface area contributed by atoms with Gasteiger partial charge in [0, 0.05) is 18.5 Å². The summed E-state index contributed by atoms with van der Waals surface area (Å²) >= 11 is 0. The molecule has 6 nitrogen and oxygen atoms in total. The minimum atomic E-state index is -3.67. The fourth-order valence-corrected chi connectivity index (χ4v) is 2.41. The highest BCUT2D eigenvalue weighted by atomic mass is 32.2. The highest BCUT2D eigenvalue weighted by molar-refractivity contribution is 7.87. The number of ether oxygens (including phenoxy) is 2. The summed E-state index contributed by atoms with van der Waals surface area (Å²) in [6, 6.07) is 5.70. The number of rotatable bonds is 5. The van der Waals surface area contributed by atoms with Crippen LogP contribution in [0.2, 0.25) is 0 Å². The van der Waals surface area contributed by atoms with Gasteiger partial charge in [0.05, 0.1) is 0 Å². The Morgan fingerprint density at radius 1 is 1.47 bits per heavy atom. The Morgan fingerprint density at radius 2 is 2.21 bits per heavy atom. The molecule has 0 aromatic heterocycles. The first-order valence-electron chi connectivity index (χ1n) is 5.98. The van der Waals surface area contributed by atoms with Crippen LogP contribution in [-0.4, -0.2) is 27.2 Å². The lowest BCUT2D eigenvalue weighted by Gasteiger charge is -2.18. The van der Waals surface area contributed by atoms with Gasteiger partial charge in [-0.1, -0.05) is 12.1 Å². The molecule has 0 radical (unpaired) electrons. The van der Waals surface area contributed by atoms with Gasteiger partial charge in [-0.2, -0.15) is 13.1 Å². The minimum absolute atomic E-state index is 0.117. The van der Waals surface area contributed by atoms with Crippen LogP contribution in [-0.2, 0) is 16.6 Å². The van der Waals surface area contributed by atoms with Gasteiger partial charge in [-0.25, -0.2) is 5.14 Å². The fraction of sp³-hybridized carbons (Fsp3) is 0.500. The number of fused-ring (bicyclic) bond motifs is 1. The lowest BCUT2D eigenvalue weighted by Crippen LogP contribution is -2.33. The molecule has 1 aliphatic heterocycles. The molecular weight excluding hydrogens is 268 g/mol. The lowest BCUT2D eigenvalue weighted by atomic mass is 10.0. The predicted molar refractivity (Wildman–Crippen MR) is 71.5 cm³/mol. The van der Waals surface area contributed by atoms with E-state index in [1.807, 2.05) is 26.0 Å². The van der Waals surface area contributed by atoms with E-state index in [1.54, 1.807) is 6.07 Å². The molecule has 0 atom stereocenters. The highest BCUT2D eigenvalue weighted by Gasteiger charge is 2.32. The Hall–Kier alpha value is -1.31. The summed E-state index contributed by atoms with van der Waals surface area (Å²) in [5, 5.41) is 4.82. The van der Waals surface area contributed by atoms with Crippen LogP contribution < -0.4 is 19.3 Å². The molecule has 0 bridgehead atoms. The first kappa shape index (κ1) is 14.1. The van der Waals surface area contributed by atoms with Crippen LogP contribution in [0.25, 0.3) is 0 Å². The van der Waals surface area contributed by atoms with Gasteiger partial charge >= 0.3 is 0 Å². The predicted octanol–water partition coefficient (Wildman–Crippen LogP) is 0.572. The summed E-state index contributed by atoms with van der Waals surface area (Å²) < 4.78 is 34.9. The maximum atomic E-state index is 10.7. The number of hydrogen-bond donors (Lipinski definition) is 2. The van der Waals surface area contributed by atoms with Crippen molar-refractivity contribution in [3.05, 3.63) is 23.8 Å². The maximum absolute atomic E-state index is 10.7. The Bertz CT molecular complexity index is 569. The molecule has 1 aromatic rings. The third-order valence-corrected chi connectivity index (χ3v) is 3.32. The summed E-state index contributed by atoms with van der Waals surface area (Å²) in [6.45, 7) is 4.33. The standard InChI is InChI=1S/C12H18N2O4S/c1-12(2)8-9-4-3-5-10(11(9)18-12)17-7-6-14-19(13,15)16/h3-5,14H,6-8H2,1-2H3,(H2,13,15,16). The zero-order valence-electron chi connectivity index (χ0n) is 11.0. The summed E-state index contributed by atoms with van der Waals surface area (Å²) in [7, 11) is -3.67. The van der Waals surface area contributed by atoms with Crippen LogP contribution in [0, 0.1) is 0 Å². The Balaban J connectivity index is 1.98.